The topological polar surface area (TPSA) is 59.5 Å². The molecule has 1 amide bonds. The molecule has 2 heterocycles. The zero-order valence-electron chi connectivity index (χ0n) is 10.5. The molecule has 0 aliphatic carbocycles. The number of esters is 1. The van der Waals surface area contributed by atoms with E-state index in [1.165, 1.54) is 7.11 Å². The fourth-order valence-corrected chi connectivity index (χ4v) is 2.16. The Labute approximate surface area is 106 Å². The molecular weight excluding hydrogens is 232 g/mol. The summed E-state index contributed by atoms with van der Waals surface area (Å²) in [7, 11) is 1.37. The van der Waals surface area contributed by atoms with E-state index in [1.807, 2.05) is 6.92 Å². The Morgan fingerprint density at radius 1 is 1.44 bits per heavy atom. The van der Waals surface area contributed by atoms with Crippen LogP contribution in [0.2, 0.25) is 0 Å². The fraction of sp³-hybridized carbons (Fsp3) is 0.462. The molecule has 2 rings (SSSR count). The van der Waals surface area contributed by atoms with Crippen molar-refractivity contribution in [3.63, 3.8) is 0 Å². The van der Waals surface area contributed by atoms with Crippen LogP contribution in [0.15, 0.2) is 18.5 Å². The highest BCUT2D eigenvalue weighted by atomic mass is 16.5. The Kier molecular flexibility index (Phi) is 3.60. The zero-order valence-corrected chi connectivity index (χ0v) is 10.5. The number of carbonyl (C=O) groups is 2. The van der Waals surface area contributed by atoms with Crippen molar-refractivity contribution in [1.29, 1.82) is 0 Å². The van der Waals surface area contributed by atoms with Crippen LogP contribution in [0.25, 0.3) is 0 Å². The molecule has 1 aromatic heterocycles. The number of hydrogen-bond donors (Lipinski definition) is 0. The molecule has 0 N–H and O–H groups in total. The first-order chi connectivity index (χ1) is 8.61. The summed E-state index contributed by atoms with van der Waals surface area (Å²) in [6.07, 6.45) is 3.93. The lowest BCUT2D eigenvalue weighted by molar-refractivity contribution is -0.144. The summed E-state index contributed by atoms with van der Waals surface area (Å²) < 4.78 is 4.70. The molecule has 0 saturated carbocycles. The number of rotatable bonds is 2. The molecule has 5 nitrogen and oxygen atoms in total. The first-order valence-electron chi connectivity index (χ1n) is 5.90. The summed E-state index contributed by atoms with van der Waals surface area (Å²) in [6, 6.07) is 1.81. The van der Waals surface area contributed by atoms with Gasteiger partial charge in [0.05, 0.1) is 18.6 Å². The molecule has 18 heavy (non-hydrogen) atoms. The van der Waals surface area contributed by atoms with Gasteiger partial charge in [-0.1, -0.05) is 0 Å². The van der Waals surface area contributed by atoms with Gasteiger partial charge in [0.15, 0.2) is 0 Å². The van der Waals surface area contributed by atoms with Gasteiger partial charge in [0.2, 0.25) is 0 Å². The number of ether oxygens (including phenoxy) is 1. The third-order valence-corrected chi connectivity index (χ3v) is 3.13. The van der Waals surface area contributed by atoms with Gasteiger partial charge in [-0.2, -0.15) is 0 Å². The largest absolute Gasteiger partial charge is 0.469 e. The normalized spacial score (nSPS) is 18.8. The van der Waals surface area contributed by atoms with Crippen LogP contribution in [0.4, 0.5) is 0 Å². The number of pyridine rings is 1. The quantitative estimate of drug-likeness (QED) is 0.733. The minimum atomic E-state index is -0.243. The van der Waals surface area contributed by atoms with Crippen LogP contribution in [0.1, 0.15) is 22.3 Å². The maximum absolute atomic E-state index is 12.2. The van der Waals surface area contributed by atoms with Crippen molar-refractivity contribution in [3.05, 3.63) is 29.6 Å². The summed E-state index contributed by atoms with van der Waals surface area (Å²) in [5, 5.41) is 0. The Hall–Kier alpha value is -1.91. The summed E-state index contributed by atoms with van der Waals surface area (Å²) in [6.45, 7) is 2.91. The molecule has 0 spiro atoms. The Balaban J connectivity index is 2.06. The van der Waals surface area contributed by atoms with E-state index >= 15 is 0 Å². The minimum absolute atomic E-state index is 0.0717. The maximum Gasteiger partial charge on any atom is 0.310 e. The molecule has 1 aliphatic heterocycles. The van der Waals surface area contributed by atoms with E-state index < -0.39 is 0 Å². The highest BCUT2D eigenvalue weighted by Crippen LogP contribution is 2.19. The lowest BCUT2D eigenvalue weighted by Gasteiger charge is -2.16. The van der Waals surface area contributed by atoms with E-state index in [1.54, 1.807) is 23.4 Å². The molecule has 1 aromatic rings. The fourth-order valence-electron chi connectivity index (χ4n) is 2.16. The second-order valence-corrected chi connectivity index (χ2v) is 4.51. The van der Waals surface area contributed by atoms with Gasteiger partial charge in [-0.05, 0) is 25.0 Å². The predicted octanol–water partition coefficient (Wildman–Crippen LogP) is 1.03. The second-order valence-electron chi connectivity index (χ2n) is 4.51. The molecule has 1 saturated heterocycles. The molecular formula is C13H16N2O3. The standard InChI is InChI=1S/C13H16N2O3/c1-9-5-11(7-14-6-9)12(16)15-4-3-10(8-15)13(17)18-2/h5-7,10H,3-4,8H2,1-2H3. The number of hydrogen-bond acceptors (Lipinski definition) is 4. The molecule has 1 unspecified atom stereocenters. The molecule has 5 heteroatoms. The van der Waals surface area contributed by atoms with E-state index in [2.05, 4.69) is 4.98 Å². The molecule has 0 aromatic carbocycles. The van der Waals surface area contributed by atoms with Crippen molar-refractivity contribution < 1.29 is 14.3 Å². The van der Waals surface area contributed by atoms with Gasteiger partial charge in [-0.25, -0.2) is 0 Å². The Morgan fingerprint density at radius 3 is 2.89 bits per heavy atom. The Bertz CT molecular complexity index is 473. The highest BCUT2D eigenvalue weighted by molar-refractivity contribution is 5.94. The van der Waals surface area contributed by atoms with Crippen molar-refractivity contribution in [2.75, 3.05) is 20.2 Å². The average Bonchev–Trinajstić information content (AvgIpc) is 2.86. The number of amides is 1. The predicted molar refractivity (Wildman–Crippen MR) is 65.0 cm³/mol. The Morgan fingerprint density at radius 2 is 2.22 bits per heavy atom. The second kappa shape index (κ2) is 5.16. The van der Waals surface area contributed by atoms with Gasteiger partial charge in [-0.3, -0.25) is 14.6 Å². The number of carbonyl (C=O) groups excluding carboxylic acids is 2. The van der Waals surface area contributed by atoms with E-state index in [4.69, 9.17) is 4.74 Å². The molecule has 1 atom stereocenters. The lowest BCUT2D eigenvalue weighted by Crippen LogP contribution is -2.30. The maximum atomic E-state index is 12.2. The van der Waals surface area contributed by atoms with E-state index in [0.717, 1.165) is 5.56 Å². The van der Waals surface area contributed by atoms with Crippen LogP contribution < -0.4 is 0 Å². The van der Waals surface area contributed by atoms with Crippen LogP contribution in [0, 0.1) is 12.8 Å². The third-order valence-electron chi connectivity index (χ3n) is 3.13. The van der Waals surface area contributed by atoms with Gasteiger partial charge in [0.25, 0.3) is 5.91 Å². The summed E-state index contributed by atoms with van der Waals surface area (Å²) in [5.41, 5.74) is 1.52. The van der Waals surface area contributed by atoms with Gasteiger partial charge >= 0.3 is 5.97 Å². The number of aromatic nitrogens is 1. The van der Waals surface area contributed by atoms with Crippen LogP contribution in [0.3, 0.4) is 0 Å². The molecule has 0 radical (unpaired) electrons. The first-order valence-corrected chi connectivity index (χ1v) is 5.90. The number of aryl methyl sites for hydroxylation is 1. The van der Waals surface area contributed by atoms with Crippen LogP contribution in [0.5, 0.6) is 0 Å². The average molecular weight is 248 g/mol. The molecule has 0 bridgehead atoms. The lowest BCUT2D eigenvalue weighted by atomic mass is 10.1. The number of likely N-dealkylation sites (tertiary alicyclic amines) is 1. The van der Waals surface area contributed by atoms with Gasteiger partial charge in [-0.15, -0.1) is 0 Å². The first kappa shape index (κ1) is 12.5. The summed E-state index contributed by atoms with van der Waals surface area (Å²) >= 11 is 0. The number of nitrogens with zero attached hydrogens (tertiary/aromatic N) is 2. The van der Waals surface area contributed by atoms with Crippen molar-refractivity contribution in [2.24, 2.45) is 5.92 Å². The van der Waals surface area contributed by atoms with Crippen molar-refractivity contribution in [3.8, 4) is 0 Å². The van der Waals surface area contributed by atoms with Crippen molar-refractivity contribution in [2.45, 2.75) is 13.3 Å². The minimum Gasteiger partial charge on any atom is -0.469 e. The van der Waals surface area contributed by atoms with E-state index in [9.17, 15) is 9.59 Å². The van der Waals surface area contributed by atoms with E-state index in [0.29, 0.717) is 25.1 Å². The van der Waals surface area contributed by atoms with Crippen LogP contribution in [-0.2, 0) is 9.53 Å². The zero-order chi connectivity index (χ0) is 13.1. The summed E-state index contributed by atoms with van der Waals surface area (Å²) in [4.78, 5) is 29.3. The van der Waals surface area contributed by atoms with Gasteiger partial charge < -0.3 is 9.64 Å². The van der Waals surface area contributed by atoms with Crippen LogP contribution in [-0.4, -0.2) is 42.0 Å². The van der Waals surface area contributed by atoms with Crippen molar-refractivity contribution >= 4 is 11.9 Å². The third kappa shape index (κ3) is 2.50. The van der Waals surface area contributed by atoms with Crippen molar-refractivity contribution in [1.82, 2.24) is 9.88 Å². The smallest absolute Gasteiger partial charge is 0.310 e. The monoisotopic (exact) mass is 248 g/mol. The summed E-state index contributed by atoms with van der Waals surface area (Å²) in [5.74, 6) is -0.512. The molecule has 1 aliphatic rings. The molecule has 96 valence electrons. The number of methoxy groups -OCH3 is 1. The SMILES string of the molecule is COC(=O)C1CCN(C(=O)c2cncc(C)c2)C1. The highest BCUT2D eigenvalue weighted by Gasteiger charge is 2.32. The van der Waals surface area contributed by atoms with Gasteiger partial charge in [0.1, 0.15) is 0 Å². The van der Waals surface area contributed by atoms with Gasteiger partial charge in [0, 0.05) is 25.5 Å². The molecule has 1 fully saturated rings. The van der Waals surface area contributed by atoms with Crippen LogP contribution >= 0.6 is 0 Å². The van der Waals surface area contributed by atoms with E-state index in [-0.39, 0.29) is 17.8 Å².